The van der Waals surface area contributed by atoms with Crippen molar-refractivity contribution in [2.45, 2.75) is 0 Å². The molecule has 0 saturated carbocycles. The minimum atomic E-state index is -1.30. The van der Waals surface area contributed by atoms with Gasteiger partial charge in [0.05, 0.1) is 11.1 Å². The fourth-order valence-electron chi connectivity index (χ4n) is 2.56. The van der Waals surface area contributed by atoms with Gasteiger partial charge in [-0.1, -0.05) is 11.8 Å². The molecule has 0 aliphatic carbocycles. The largest absolute Gasteiger partial charge is 0.372 e. The first-order valence-corrected chi connectivity index (χ1v) is 7.71. The zero-order valence-electron chi connectivity index (χ0n) is 14.1. The first-order chi connectivity index (χ1) is 12.9. The molecule has 27 heavy (non-hydrogen) atoms. The van der Waals surface area contributed by atoms with Crippen molar-refractivity contribution in [1.82, 2.24) is 9.97 Å². The number of carbonyl (C=O) groups is 2. The lowest BCUT2D eigenvalue weighted by Gasteiger charge is -2.06. The summed E-state index contributed by atoms with van der Waals surface area (Å²) in [6, 6.07) is 3.29. The quantitative estimate of drug-likeness (QED) is 0.544. The number of nitrogens with two attached hydrogens (primary N) is 1. The number of fused-ring (bicyclic) bond motifs is 1. The number of benzene rings is 1. The second-order valence-corrected chi connectivity index (χ2v) is 5.53. The standard InChI is InChI=1S/C19H13F2N3O3/c1-27-6-2-3-10-7-12-13(9-24-19(12)23-8-10)17(25)15-14(20)5-4-11(16(15)21)18(22)26/h4-5,7-9H,6H2,1H3,(H2,22,26)(H,23,24). The molecule has 1 aromatic carbocycles. The number of primary amides is 1. The van der Waals surface area contributed by atoms with Crippen LogP contribution < -0.4 is 5.73 Å². The number of halogens is 2. The average Bonchev–Trinajstić information content (AvgIpc) is 3.04. The van der Waals surface area contributed by atoms with Crippen LogP contribution in [0, 0.1) is 23.5 Å². The molecule has 0 spiro atoms. The van der Waals surface area contributed by atoms with Crippen LogP contribution in [0.4, 0.5) is 8.78 Å². The number of nitrogens with one attached hydrogen (secondary N) is 1. The SMILES string of the molecule is COCC#Cc1cnc2[nH]cc(C(=O)c3c(F)ccc(C(N)=O)c3F)c2c1. The van der Waals surface area contributed by atoms with E-state index in [1.807, 2.05) is 0 Å². The van der Waals surface area contributed by atoms with E-state index in [1.165, 1.54) is 19.5 Å². The number of ketones is 1. The van der Waals surface area contributed by atoms with Crippen LogP contribution in [0.3, 0.4) is 0 Å². The predicted molar refractivity (Wildman–Crippen MR) is 93.2 cm³/mol. The summed E-state index contributed by atoms with van der Waals surface area (Å²) in [6.07, 6.45) is 2.78. The molecule has 3 rings (SSSR count). The fraction of sp³-hybridized carbons (Fsp3) is 0.105. The number of ether oxygens (including phenoxy) is 1. The van der Waals surface area contributed by atoms with E-state index in [4.69, 9.17) is 10.5 Å². The van der Waals surface area contributed by atoms with E-state index in [9.17, 15) is 18.4 Å². The Labute approximate surface area is 152 Å². The molecular formula is C19H13F2N3O3. The molecule has 0 unspecified atom stereocenters. The molecular weight excluding hydrogens is 356 g/mol. The van der Waals surface area contributed by atoms with Crippen LogP contribution in [-0.4, -0.2) is 35.4 Å². The molecule has 0 aliphatic heterocycles. The molecule has 3 aromatic rings. The minimum absolute atomic E-state index is 0.00712. The molecule has 8 heteroatoms. The molecule has 136 valence electrons. The van der Waals surface area contributed by atoms with Crippen LogP contribution in [-0.2, 0) is 4.74 Å². The van der Waals surface area contributed by atoms with Crippen molar-refractivity contribution in [1.29, 1.82) is 0 Å². The van der Waals surface area contributed by atoms with Crippen molar-refractivity contribution >= 4 is 22.7 Å². The Kier molecular flexibility index (Phi) is 4.96. The Morgan fingerprint density at radius 3 is 2.78 bits per heavy atom. The lowest BCUT2D eigenvalue weighted by molar-refractivity contribution is 0.0996. The molecule has 0 atom stereocenters. The number of pyridine rings is 1. The van der Waals surface area contributed by atoms with Crippen molar-refractivity contribution in [2.24, 2.45) is 5.73 Å². The Morgan fingerprint density at radius 2 is 2.07 bits per heavy atom. The van der Waals surface area contributed by atoms with Crippen molar-refractivity contribution in [3.8, 4) is 11.8 Å². The number of rotatable bonds is 4. The summed E-state index contributed by atoms with van der Waals surface area (Å²) in [5.41, 5.74) is 4.48. The van der Waals surface area contributed by atoms with Crippen LogP contribution in [0.5, 0.6) is 0 Å². The molecule has 0 saturated heterocycles. The van der Waals surface area contributed by atoms with Crippen LogP contribution in [0.25, 0.3) is 11.0 Å². The van der Waals surface area contributed by atoms with Crippen LogP contribution >= 0.6 is 0 Å². The summed E-state index contributed by atoms with van der Waals surface area (Å²) < 4.78 is 33.5. The van der Waals surface area contributed by atoms with Gasteiger partial charge in [0.15, 0.2) is 0 Å². The zero-order chi connectivity index (χ0) is 19.6. The molecule has 3 N–H and O–H groups in total. The maximum absolute atomic E-state index is 14.5. The number of hydrogen-bond acceptors (Lipinski definition) is 4. The fourth-order valence-corrected chi connectivity index (χ4v) is 2.56. The van der Waals surface area contributed by atoms with Crippen LogP contribution in [0.2, 0.25) is 0 Å². The van der Waals surface area contributed by atoms with Gasteiger partial charge in [-0.05, 0) is 18.2 Å². The van der Waals surface area contributed by atoms with E-state index in [1.54, 1.807) is 6.07 Å². The van der Waals surface area contributed by atoms with E-state index in [-0.39, 0.29) is 12.2 Å². The summed E-state index contributed by atoms with van der Waals surface area (Å²) in [4.78, 5) is 31.0. The monoisotopic (exact) mass is 369 g/mol. The minimum Gasteiger partial charge on any atom is -0.372 e. The first kappa shape index (κ1) is 18.2. The average molecular weight is 369 g/mol. The molecule has 2 aromatic heterocycles. The van der Waals surface area contributed by atoms with E-state index < -0.39 is 34.5 Å². The lowest BCUT2D eigenvalue weighted by Crippen LogP contribution is -2.17. The van der Waals surface area contributed by atoms with Crippen molar-refractivity contribution < 1.29 is 23.1 Å². The topological polar surface area (TPSA) is 98.1 Å². The molecule has 0 fully saturated rings. The predicted octanol–water partition coefficient (Wildman–Crippen LogP) is 2.17. The Bertz CT molecular complexity index is 1130. The number of amides is 1. The van der Waals surface area contributed by atoms with Crippen LogP contribution in [0.1, 0.15) is 31.8 Å². The summed E-state index contributed by atoms with van der Waals surface area (Å²) in [7, 11) is 1.50. The van der Waals surface area contributed by atoms with Gasteiger partial charge in [0, 0.05) is 36.0 Å². The Morgan fingerprint density at radius 1 is 1.30 bits per heavy atom. The third-order valence-corrected chi connectivity index (χ3v) is 3.81. The molecule has 1 amide bonds. The Balaban J connectivity index is 2.12. The van der Waals surface area contributed by atoms with Crippen LogP contribution in [0.15, 0.2) is 30.6 Å². The lowest BCUT2D eigenvalue weighted by atomic mass is 9.99. The highest BCUT2D eigenvalue weighted by Gasteiger charge is 2.25. The summed E-state index contributed by atoms with van der Waals surface area (Å²) in [5, 5.41) is 0.340. The van der Waals surface area contributed by atoms with Gasteiger partial charge in [-0.25, -0.2) is 13.8 Å². The maximum Gasteiger partial charge on any atom is 0.251 e. The smallest absolute Gasteiger partial charge is 0.251 e. The van der Waals surface area contributed by atoms with Gasteiger partial charge in [0.25, 0.3) is 5.91 Å². The highest BCUT2D eigenvalue weighted by Crippen LogP contribution is 2.25. The normalized spacial score (nSPS) is 10.5. The number of aromatic amines is 1. The van der Waals surface area contributed by atoms with E-state index in [0.29, 0.717) is 16.6 Å². The molecule has 0 radical (unpaired) electrons. The third kappa shape index (κ3) is 3.41. The van der Waals surface area contributed by atoms with Crippen molar-refractivity contribution in [3.05, 3.63) is 64.5 Å². The molecule has 0 bridgehead atoms. The zero-order valence-corrected chi connectivity index (χ0v) is 14.1. The van der Waals surface area contributed by atoms with Gasteiger partial charge in [-0.3, -0.25) is 9.59 Å². The molecule has 0 aliphatic rings. The summed E-state index contributed by atoms with van der Waals surface area (Å²) in [6.45, 7) is 0.216. The number of methoxy groups -OCH3 is 1. The van der Waals surface area contributed by atoms with Gasteiger partial charge in [-0.2, -0.15) is 0 Å². The van der Waals surface area contributed by atoms with Gasteiger partial charge >= 0.3 is 0 Å². The van der Waals surface area contributed by atoms with E-state index in [2.05, 4.69) is 21.8 Å². The number of H-pyrrole nitrogens is 1. The van der Waals surface area contributed by atoms with Gasteiger partial charge < -0.3 is 15.5 Å². The molecule has 6 nitrogen and oxygen atoms in total. The highest BCUT2D eigenvalue weighted by atomic mass is 19.1. The summed E-state index contributed by atoms with van der Waals surface area (Å²) >= 11 is 0. The second kappa shape index (κ2) is 7.35. The van der Waals surface area contributed by atoms with E-state index >= 15 is 0 Å². The van der Waals surface area contributed by atoms with Gasteiger partial charge in [0.2, 0.25) is 5.78 Å². The third-order valence-electron chi connectivity index (χ3n) is 3.81. The number of aromatic nitrogens is 2. The highest BCUT2D eigenvalue weighted by molar-refractivity contribution is 6.17. The number of nitrogens with zero attached hydrogens (tertiary/aromatic N) is 1. The van der Waals surface area contributed by atoms with E-state index in [0.717, 1.165) is 12.1 Å². The molecule has 2 heterocycles. The van der Waals surface area contributed by atoms with Gasteiger partial charge in [0.1, 0.15) is 23.9 Å². The van der Waals surface area contributed by atoms with Crippen molar-refractivity contribution in [2.75, 3.05) is 13.7 Å². The van der Waals surface area contributed by atoms with Crippen molar-refractivity contribution in [3.63, 3.8) is 0 Å². The summed E-state index contributed by atoms with van der Waals surface area (Å²) in [5.74, 6) is 1.12. The first-order valence-electron chi connectivity index (χ1n) is 7.71. The number of carbonyl (C=O) groups excluding carboxylic acids is 2. The number of hydrogen-bond donors (Lipinski definition) is 2. The second-order valence-electron chi connectivity index (χ2n) is 5.53. The maximum atomic E-state index is 14.5. The Hall–Kier alpha value is -3.57. The van der Waals surface area contributed by atoms with Gasteiger partial charge in [-0.15, -0.1) is 0 Å².